The Kier molecular flexibility index (Phi) is 7.39. The summed E-state index contributed by atoms with van der Waals surface area (Å²) >= 11 is 0. The van der Waals surface area contributed by atoms with Gasteiger partial charge in [0.05, 0.1) is 0 Å². The number of carbonyl (C=O) groups excluding carboxylic acids is 2. The van der Waals surface area contributed by atoms with Gasteiger partial charge in [-0.1, -0.05) is 68.0 Å². The minimum absolute atomic E-state index is 0.0798. The van der Waals surface area contributed by atoms with Crippen molar-refractivity contribution in [2.24, 2.45) is 0 Å². The van der Waals surface area contributed by atoms with Gasteiger partial charge >= 0.3 is 0 Å². The van der Waals surface area contributed by atoms with Crippen LogP contribution in [0.4, 0.5) is 0 Å². The third-order valence-corrected chi connectivity index (χ3v) is 4.33. The van der Waals surface area contributed by atoms with E-state index in [4.69, 9.17) is 0 Å². The molecule has 132 valence electrons. The minimum atomic E-state index is -0.0814. The van der Waals surface area contributed by atoms with Crippen LogP contribution in [0.2, 0.25) is 0 Å². The lowest BCUT2D eigenvalue weighted by Gasteiger charge is -2.31. The number of nitrogens with zero attached hydrogens (tertiary/aromatic N) is 1. The molecule has 1 unspecified atom stereocenters. The van der Waals surface area contributed by atoms with Gasteiger partial charge in [0.1, 0.15) is 0 Å². The standard InChI is InChI=1S/C20H21NO2.C2H6/c22-19-11-12-21(20(23)14-17-9-5-2-6-10-17)18(15-19)13-16-7-3-1-4-8-16;1-2/h1-5,7-9,11-12,18H,6,10,13-15H2;1-2H3. The van der Waals surface area contributed by atoms with Gasteiger partial charge in [0.2, 0.25) is 5.91 Å². The van der Waals surface area contributed by atoms with E-state index >= 15 is 0 Å². The molecule has 0 N–H and O–H groups in total. The van der Waals surface area contributed by atoms with Crippen molar-refractivity contribution in [3.8, 4) is 0 Å². The van der Waals surface area contributed by atoms with E-state index in [0.717, 1.165) is 18.4 Å². The molecule has 2 aliphatic rings. The lowest BCUT2D eigenvalue weighted by molar-refractivity contribution is -0.131. The molecule has 1 aromatic rings. The Morgan fingerprint density at radius 2 is 1.96 bits per heavy atom. The molecule has 0 radical (unpaired) electrons. The third-order valence-electron chi connectivity index (χ3n) is 4.33. The Balaban J connectivity index is 0.00000109. The van der Waals surface area contributed by atoms with Gasteiger partial charge in [-0.3, -0.25) is 9.59 Å². The summed E-state index contributed by atoms with van der Waals surface area (Å²) in [6, 6.07) is 9.95. The first kappa shape index (κ1) is 18.9. The number of hydrogen-bond acceptors (Lipinski definition) is 2. The van der Waals surface area contributed by atoms with E-state index in [1.165, 1.54) is 11.6 Å². The van der Waals surface area contributed by atoms with Crippen molar-refractivity contribution in [2.75, 3.05) is 0 Å². The average Bonchev–Trinajstić information content (AvgIpc) is 2.65. The van der Waals surface area contributed by atoms with Gasteiger partial charge in [-0.15, -0.1) is 0 Å². The van der Waals surface area contributed by atoms with Crippen molar-refractivity contribution in [2.45, 2.75) is 52.0 Å². The van der Waals surface area contributed by atoms with E-state index in [2.05, 4.69) is 6.08 Å². The normalized spacial score (nSPS) is 19.1. The maximum Gasteiger partial charge on any atom is 0.230 e. The molecule has 0 fully saturated rings. The molecule has 1 atom stereocenters. The minimum Gasteiger partial charge on any atom is -0.315 e. The van der Waals surface area contributed by atoms with Crippen LogP contribution in [0.3, 0.4) is 0 Å². The van der Waals surface area contributed by atoms with Crippen LogP contribution >= 0.6 is 0 Å². The second kappa shape index (κ2) is 9.77. The van der Waals surface area contributed by atoms with Gasteiger partial charge in [0, 0.05) is 25.1 Å². The number of amides is 1. The highest BCUT2D eigenvalue weighted by Crippen LogP contribution is 2.22. The summed E-state index contributed by atoms with van der Waals surface area (Å²) in [5.74, 6) is 0.172. The van der Waals surface area contributed by atoms with Crippen LogP contribution in [-0.4, -0.2) is 22.6 Å². The van der Waals surface area contributed by atoms with E-state index in [9.17, 15) is 9.59 Å². The molecule has 25 heavy (non-hydrogen) atoms. The fraction of sp³-hybridized carbons (Fsp3) is 0.364. The molecule has 0 aromatic heterocycles. The molecule has 1 aromatic carbocycles. The van der Waals surface area contributed by atoms with Gasteiger partial charge in [-0.05, 0) is 30.9 Å². The summed E-state index contributed by atoms with van der Waals surface area (Å²) in [5.41, 5.74) is 2.32. The number of benzene rings is 1. The summed E-state index contributed by atoms with van der Waals surface area (Å²) in [4.78, 5) is 26.2. The van der Waals surface area contributed by atoms with Crippen molar-refractivity contribution in [3.05, 3.63) is 72.0 Å². The Morgan fingerprint density at radius 3 is 2.64 bits per heavy atom. The van der Waals surface area contributed by atoms with Gasteiger partial charge in [0.15, 0.2) is 5.78 Å². The van der Waals surface area contributed by atoms with Gasteiger partial charge in [-0.2, -0.15) is 0 Å². The molecule has 0 spiro atoms. The molecular formula is C22H27NO2. The summed E-state index contributed by atoms with van der Waals surface area (Å²) in [6.07, 6.45) is 12.9. The highest BCUT2D eigenvalue weighted by atomic mass is 16.2. The monoisotopic (exact) mass is 337 g/mol. The zero-order valence-corrected chi connectivity index (χ0v) is 15.2. The van der Waals surface area contributed by atoms with Crippen molar-refractivity contribution in [1.29, 1.82) is 0 Å². The molecule has 3 rings (SSSR count). The van der Waals surface area contributed by atoms with Gasteiger partial charge in [-0.25, -0.2) is 0 Å². The maximum absolute atomic E-state index is 12.7. The highest BCUT2D eigenvalue weighted by molar-refractivity contribution is 5.93. The van der Waals surface area contributed by atoms with E-state index in [0.29, 0.717) is 19.3 Å². The third kappa shape index (κ3) is 5.56. The fourth-order valence-electron chi connectivity index (χ4n) is 3.11. The van der Waals surface area contributed by atoms with Gasteiger partial charge < -0.3 is 4.90 Å². The Labute approximate surface area is 150 Å². The van der Waals surface area contributed by atoms with E-state index in [1.54, 1.807) is 11.1 Å². The summed E-state index contributed by atoms with van der Waals surface area (Å²) in [5, 5.41) is 0. The smallest absolute Gasteiger partial charge is 0.230 e. The van der Waals surface area contributed by atoms with Gasteiger partial charge in [0.25, 0.3) is 0 Å². The second-order valence-corrected chi connectivity index (χ2v) is 6.10. The van der Waals surface area contributed by atoms with Crippen LogP contribution in [0.1, 0.15) is 45.1 Å². The van der Waals surface area contributed by atoms with Crippen LogP contribution in [0.15, 0.2) is 66.4 Å². The molecule has 1 heterocycles. The largest absolute Gasteiger partial charge is 0.315 e. The summed E-state index contributed by atoms with van der Waals surface area (Å²) < 4.78 is 0. The Bertz CT molecular complexity index is 671. The number of allylic oxidation sites excluding steroid dienone is 4. The zero-order chi connectivity index (χ0) is 18.1. The highest BCUT2D eigenvalue weighted by Gasteiger charge is 2.27. The van der Waals surface area contributed by atoms with Crippen molar-refractivity contribution in [1.82, 2.24) is 4.90 Å². The molecule has 1 aliphatic heterocycles. The van der Waals surface area contributed by atoms with Crippen molar-refractivity contribution >= 4 is 11.7 Å². The number of ketones is 1. The lowest BCUT2D eigenvalue weighted by atomic mass is 9.96. The van der Waals surface area contributed by atoms with E-state index < -0.39 is 0 Å². The first-order valence-corrected chi connectivity index (χ1v) is 9.13. The lowest BCUT2D eigenvalue weighted by Crippen LogP contribution is -2.41. The van der Waals surface area contributed by atoms with Crippen LogP contribution in [-0.2, 0) is 16.0 Å². The molecule has 3 heteroatoms. The maximum atomic E-state index is 12.7. The molecule has 1 amide bonds. The fourth-order valence-corrected chi connectivity index (χ4v) is 3.11. The topological polar surface area (TPSA) is 37.4 Å². The molecule has 0 saturated carbocycles. The van der Waals surface area contributed by atoms with Crippen molar-refractivity contribution in [3.63, 3.8) is 0 Å². The Hall–Kier alpha value is -2.42. The SMILES string of the molecule is CC.O=C1C=CN(C(=O)CC2=CC=CCC2)C(Cc2ccccc2)C1. The predicted molar refractivity (Wildman–Crippen MR) is 102 cm³/mol. The molecule has 3 nitrogen and oxygen atoms in total. The average molecular weight is 337 g/mol. The van der Waals surface area contributed by atoms with Crippen molar-refractivity contribution < 1.29 is 9.59 Å². The van der Waals surface area contributed by atoms with E-state index in [-0.39, 0.29) is 17.7 Å². The first-order chi connectivity index (χ1) is 12.2. The zero-order valence-electron chi connectivity index (χ0n) is 15.2. The number of carbonyl (C=O) groups is 2. The molecule has 0 bridgehead atoms. The van der Waals surface area contributed by atoms with Crippen LogP contribution in [0, 0.1) is 0 Å². The number of hydrogen-bond donors (Lipinski definition) is 0. The predicted octanol–water partition coefficient (Wildman–Crippen LogP) is 4.61. The molecule has 0 saturated heterocycles. The van der Waals surface area contributed by atoms with Crippen LogP contribution in [0.5, 0.6) is 0 Å². The molecule has 1 aliphatic carbocycles. The first-order valence-electron chi connectivity index (χ1n) is 9.13. The van der Waals surface area contributed by atoms with E-state index in [1.807, 2.05) is 56.3 Å². The Morgan fingerprint density at radius 1 is 1.20 bits per heavy atom. The van der Waals surface area contributed by atoms with Crippen LogP contribution in [0.25, 0.3) is 0 Å². The number of rotatable bonds is 4. The quantitative estimate of drug-likeness (QED) is 0.805. The summed E-state index contributed by atoms with van der Waals surface area (Å²) in [7, 11) is 0. The van der Waals surface area contributed by atoms with Crippen LogP contribution < -0.4 is 0 Å². The summed E-state index contributed by atoms with van der Waals surface area (Å²) in [6.45, 7) is 4.00. The molecular weight excluding hydrogens is 310 g/mol. The second-order valence-electron chi connectivity index (χ2n) is 6.10.